The van der Waals surface area contributed by atoms with Crippen molar-refractivity contribution in [1.29, 1.82) is 0 Å². The number of hydrogen-bond acceptors (Lipinski definition) is 3. The first-order valence-corrected chi connectivity index (χ1v) is 10.2. The second kappa shape index (κ2) is 10.9. The first kappa shape index (κ1) is 22.1. The smallest absolute Gasteiger partial charge is 0.191 e. The number of hydrogen-bond donors (Lipinski definition) is 2. The molecule has 1 saturated carbocycles. The Bertz CT molecular complexity index is 792. The zero-order valence-corrected chi connectivity index (χ0v) is 19.3. The van der Waals surface area contributed by atoms with Crippen LogP contribution in [-0.4, -0.2) is 50.3 Å². The van der Waals surface area contributed by atoms with E-state index in [-0.39, 0.29) is 24.0 Å². The number of morpholine rings is 1. The number of aliphatic imine (C=N–C) groups is 1. The first-order chi connectivity index (χ1) is 13.8. The SMILES string of the molecule is CN=C(NCc1ccccc1CN1CCOCC1)NC1CC1c1ccccc1.I. The number of nitrogens with zero attached hydrogens (tertiary/aromatic N) is 2. The van der Waals surface area contributed by atoms with Gasteiger partial charge in [-0.2, -0.15) is 0 Å². The van der Waals surface area contributed by atoms with E-state index < -0.39 is 0 Å². The second-order valence-electron chi connectivity index (χ2n) is 7.59. The van der Waals surface area contributed by atoms with Gasteiger partial charge in [-0.1, -0.05) is 54.6 Å². The van der Waals surface area contributed by atoms with Gasteiger partial charge in [0.2, 0.25) is 0 Å². The fraction of sp³-hybridized carbons (Fsp3) is 0.435. The first-order valence-electron chi connectivity index (χ1n) is 10.2. The Morgan fingerprint density at radius 1 is 1.03 bits per heavy atom. The van der Waals surface area contributed by atoms with Gasteiger partial charge in [0.1, 0.15) is 0 Å². The number of benzene rings is 2. The molecular formula is C23H31IN4O. The molecular weight excluding hydrogens is 475 g/mol. The highest BCUT2D eigenvalue weighted by Gasteiger charge is 2.38. The Balaban J connectivity index is 0.00000240. The summed E-state index contributed by atoms with van der Waals surface area (Å²) in [5, 5.41) is 7.07. The summed E-state index contributed by atoms with van der Waals surface area (Å²) in [4.78, 5) is 6.89. The fourth-order valence-corrected chi connectivity index (χ4v) is 3.86. The minimum Gasteiger partial charge on any atom is -0.379 e. The molecule has 2 fully saturated rings. The zero-order valence-electron chi connectivity index (χ0n) is 17.0. The summed E-state index contributed by atoms with van der Waals surface area (Å²) < 4.78 is 5.47. The van der Waals surface area contributed by atoms with Crippen LogP contribution in [0.5, 0.6) is 0 Å². The Hall–Kier alpha value is -1.64. The summed E-state index contributed by atoms with van der Waals surface area (Å²) >= 11 is 0. The highest BCUT2D eigenvalue weighted by atomic mass is 127. The van der Waals surface area contributed by atoms with Crippen molar-refractivity contribution >= 4 is 29.9 Å². The Kier molecular flexibility index (Phi) is 8.32. The van der Waals surface area contributed by atoms with Crippen molar-refractivity contribution in [2.24, 2.45) is 4.99 Å². The molecule has 1 aliphatic carbocycles. The van der Waals surface area contributed by atoms with Crippen molar-refractivity contribution in [3.8, 4) is 0 Å². The third kappa shape index (κ3) is 6.17. The Morgan fingerprint density at radius 3 is 2.45 bits per heavy atom. The van der Waals surface area contributed by atoms with Crippen LogP contribution in [0, 0.1) is 0 Å². The van der Waals surface area contributed by atoms with E-state index in [9.17, 15) is 0 Å². The van der Waals surface area contributed by atoms with E-state index in [0.717, 1.165) is 45.4 Å². The molecule has 6 heteroatoms. The highest BCUT2D eigenvalue weighted by molar-refractivity contribution is 14.0. The monoisotopic (exact) mass is 506 g/mol. The minimum absolute atomic E-state index is 0. The lowest BCUT2D eigenvalue weighted by Gasteiger charge is -2.27. The molecule has 0 bridgehead atoms. The van der Waals surface area contributed by atoms with Crippen molar-refractivity contribution in [3.05, 3.63) is 71.3 Å². The molecule has 29 heavy (non-hydrogen) atoms. The summed E-state index contributed by atoms with van der Waals surface area (Å²) in [5.74, 6) is 1.47. The van der Waals surface area contributed by atoms with E-state index in [1.165, 1.54) is 23.1 Å². The van der Waals surface area contributed by atoms with Crippen molar-refractivity contribution in [2.45, 2.75) is 31.5 Å². The molecule has 1 aliphatic heterocycles. The van der Waals surface area contributed by atoms with Crippen molar-refractivity contribution in [2.75, 3.05) is 33.4 Å². The number of ether oxygens (including phenoxy) is 1. The largest absolute Gasteiger partial charge is 0.379 e. The van der Waals surface area contributed by atoms with Crippen LogP contribution in [0.1, 0.15) is 29.0 Å². The lowest BCUT2D eigenvalue weighted by molar-refractivity contribution is 0.0341. The van der Waals surface area contributed by atoms with Gasteiger partial charge in [-0.3, -0.25) is 9.89 Å². The van der Waals surface area contributed by atoms with Crippen LogP contribution < -0.4 is 10.6 Å². The lowest BCUT2D eigenvalue weighted by Crippen LogP contribution is -2.39. The van der Waals surface area contributed by atoms with Gasteiger partial charge in [0.05, 0.1) is 13.2 Å². The van der Waals surface area contributed by atoms with Gasteiger partial charge < -0.3 is 15.4 Å². The third-order valence-electron chi connectivity index (χ3n) is 5.63. The lowest BCUT2D eigenvalue weighted by atomic mass is 10.1. The molecule has 1 saturated heterocycles. The van der Waals surface area contributed by atoms with Crippen molar-refractivity contribution < 1.29 is 4.74 Å². The summed E-state index contributed by atoms with van der Waals surface area (Å²) in [7, 11) is 1.84. The average molecular weight is 506 g/mol. The van der Waals surface area contributed by atoms with Gasteiger partial charge >= 0.3 is 0 Å². The molecule has 0 spiro atoms. The molecule has 2 unspecified atom stereocenters. The maximum Gasteiger partial charge on any atom is 0.191 e. The number of nitrogens with one attached hydrogen (secondary N) is 2. The molecule has 2 aromatic rings. The van der Waals surface area contributed by atoms with Crippen LogP contribution in [-0.2, 0) is 17.8 Å². The molecule has 0 radical (unpaired) electrons. The maximum atomic E-state index is 5.47. The Morgan fingerprint density at radius 2 is 1.72 bits per heavy atom. The van der Waals surface area contributed by atoms with Gasteiger partial charge in [-0.05, 0) is 23.1 Å². The van der Waals surface area contributed by atoms with Gasteiger partial charge in [-0.15, -0.1) is 24.0 Å². The maximum absolute atomic E-state index is 5.47. The van der Waals surface area contributed by atoms with Gasteiger partial charge in [0.15, 0.2) is 5.96 Å². The topological polar surface area (TPSA) is 48.9 Å². The molecule has 2 aliphatic rings. The van der Waals surface area contributed by atoms with Crippen LogP contribution in [0.3, 0.4) is 0 Å². The van der Waals surface area contributed by atoms with Crippen LogP contribution >= 0.6 is 24.0 Å². The normalized spacial score (nSPS) is 21.9. The number of rotatable bonds is 6. The van der Waals surface area contributed by atoms with E-state index in [4.69, 9.17) is 4.74 Å². The van der Waals surface area contributed by atoms with Gasteiger partial charge in [0.25, 0.3) is 0 Å². The molecule has 2 N–H and O–H groups in total. The molecule has 1 heterocycles. The standard InChI is InChI=1S/C23H30N4O.HI/c1-24-23(26-22-15-21(22)18-7-3-2-4-8-18)25-16-19-9-5-6-10-20(19)17-27-11-13-28-14-12-27;/h2-10,21-22H,11-17H2,1H3,(H2,24,25,26);1H. The predicted octanol–water partition coefficient (Wildman–Crippen LogP) is 3.36. The van der Waals surface area contributed by atoms with Crippen LogP contribution in [0.4, 0.5) is 0 Å². The van der Waals surface area contributed by atoms with Crippen molar-refractivity contribution in [1.82, 2.24) is 15.5 Å². The van der Waals surface area contributed by atoms with Crippen LogP contribution in [0.15, 0.2) is 59.6 Å². The van der Waals surface area contributed by atoms with Gasteiger partial charge in [-0.25, -0.2) is 0 Å². The van der Waals surface area contributed by atoms with Crippen LogP contribution in [0.2, 0.25) is 0 Å². The summed E-state index contributed by atoms with van der Waals surface area (Å²) in [6.45, 7) is 5.44. The predicted molar refractivity (Wildman–Crippen MR) is 129 cm³/mol. The summed E-state index contributed by atoms with van der Waals surface area (Å²) in [6, 6.07) is 19.9. The fourth-order valence-electron chi connectivity index (χ4n) is 3.86. The average Bonchev–Trinajstić information content (AvgIpc) is 3.53. The molecule has 4 rings (SSSR count). The van der Waals surface area contributed by atoms with E-state index in [1.54, 1.807) is 0 Å². The summed E-state index contributed by atoms with van der Waals surface area (Å²) in [5.41, 5.74) is 4.11. The molecule has 2 aromatic carbocycles. The molecule has 0 aromatic heterocycles. The summed E-state index contributed by atoms with van der Waals surface area (Å²) in [6.07, 6.45) is 1.17. The van der Waals surface area contributed by atoms with Crippen LogP contribution in [0.25, 0.3) is 0 Å². The third-order valence-corrected chi connectivity index (χ3v) is 5.63. The molecule has 5 nitrogen and oxygen atoms in total. The molecule has 2 atom stereocenters. The number of halogens is 1. The molecule has 156 valence electrons. The van der Waals surface area contributed by atoms with E-state index in [2.05, 4.69) is 75.1 Å². The van der Waals surface area contributed by atoms with E-state index in [0.29, 0.717) is 12.0 Å². The van der Waals surface area contributed by atoms with E-state index in [1.807, 2.05) is 7.05 Å². The minimum atomic E-state index is 0. The zero-order chi connectivity index (χ0) is 19.2. The van der Waals surface area contributed by atoms with Crippen molar-refractivity contribution in [3.63, 3.8) is 0 Å². The Labute approximate surface area is 191 Å². The van der Waals surface area contributed by atoms with E-state index >= 15 is 0 Å². The quantitative estimate of drug-likeness (QED) is 0.359. The highest BCUT2D eigenvalue weighted by Crippen LogP contribution is 2.40. The van der Waals surface area contributed by atoms with Gasteiger partial charge in [0, 0.05) is 45.2 Å². The second-order valence-corrected chi connectivity index (χ2v) is 7.59. The molecule has 0 amide bonds. The number of guanidine groups is 1.